The largest absolute Gasteiger partial charge is 0.480 e. The molecule has 0 aromatic carbocycles. The maximum absolute atomic E-state index is 12.4. The van der Waals surface area contributed by atoms with Crippen LogP contribution in [-0.2, 0) is 9.53 Å². The van der Waals surface area contributed by atoms with Crippen LogP contribution in [0.3, 0.4) is 0 Å². The lowest BCUT2D eigenvalue weighted by Gasteiger charge is -2.31. The number of aliphatic carboxylic acids is 1. The Labute approximate surface area is 137 Å². The fourth-order valence-electron chi connectivity index (χ4n) is 2.07. The number of piperidine rings is 1. The third kappa shape index (κ3) is 4.03. The molecule has 1 fully saturated rings. The van der Waals surface area contributed by atoms with Crippen LogP contribution in [0.4, 0.5) is 0 Å². The first-order chi connectivity index (χ1) is 9.47. The van der Waals surface area contributed by atoms with Crippen LogP contribution in [-0.4, -0.2) is 47.7 Å². The molecule has 1 aliphatic rings. The molecule has 1 saturated heterocycles. The summed E-state index contributed by atoms with van der Waals surface area (Å²) in [6.07, 6.45) is 1.26. The van der Waals surface area contributed by atoms with Crippen LogP contribution in [0.1, 0.15) is 23.2 Å². The lowest BCUT2D eigenvalue weighted by Crippen LogP contribution is -2.41. The maximum Gasteiger partial charge on any atom is 0.329 e. The Hall–Kier alpha value is -0.440. The normalized spacial score (nSPS) is 16.4. The summed E-state index contributed by atoms with van der Waals surface area (Å²) in [6, 6.07) is 1.81. The van der Waals surface area contributed by atoms with E-state index in [0.29, 0.717) is 31.5 Å². The topological polar surface area (TPSA) is 66.8 Å². The number of carboxylic acid groups (broad SMARTS) is 1. The molecule has 110 valence electrons. The molecule has 20 heavy (non-hydrogen) atoms. The predicted molar refractivity (Wildman–Crippen MR) is 82.2 cm³/mol. The number of carbonyl (C=O) groups excluding carboxylic acids is 1. The van der Waals surface area contributed by atoms with Gasteiger partial charge in [0.05, 0.1) is 19.2 Å². The van der Waals surface area contributed by atoms with Gasteiger partial charge < -0.3 is 14.7 Å². The SMILES string of the molecule is O=C(O)COC1CCN(C(=O)c2cc(Br)sc2Br)CC1. The quantitative estimate of drug-likeness (QED) is 0.803. The summed E-state index contributed by atoms with van der Waals surface area (Å²) in [5.74, 6) is -0.967. The third-order valence-electron chi connectivity index (χ3n) is 3.06. The van der Waals surface area contributed by atoms with E-state index in [0.717, 1.165) is 7.57 Å². The van der Waals surface area contributed by atoms with E-state index in [2.05, 4.69) is 31.9 Å². The van der Waals surface area contributed by atoms with Gasteiger partial charge >= 0.3 is 5.97 Å². The summed E-state index contributed by atoms with van der Waals surface area (Å²) >= 11 is 8.22. The second-order valence-corrected chi connectivity index (χ2v) is 8.18. The van der Waals surface area contributed by atoms with Gasteiger partial charge in [0.15, 0.2) is 0 Å². The average molecular weight is 427 g/mol. The molecule has 0 saturated carbocycles. The van der Waals surface area contributed by atoms with Gasteiger partial charge in [-0.1, -0.05) is 0 Å². The molecular formula is C12H13Br2NO4S. The lowest BCUT2D eigenvalue weighted by atomic mass is 10.1. The van der Waals surface area contributed by atoms with E-state index >= 15 is 0 Å². The number of thiophene rings is 1. The molecule has 0 aliphatic carbocycles. The monoisotopic (exact) mass is 425 g/mol. The minimum atomic E-state index is -0.962. The Morgan fingerprint density at radius 3 is 2.55 bits per heavy atom. The molecule has 1 aromatic rings. The van der Waals surface area contributed by atoms with Crippen molar-refractivity contribution >= 4 is 55.1 Å². The summed E-state index contributed by atoms with van der Waals surface area (Å²) in [4.78, 5) is 24.6. The molecule has 0 spiro atoms. The van der Waals surface area contributed by atoms with Crippen LogP contribution in [0.25, 0.3) is 0 Å². The number of amides is 1. The van der Waals surface area contributed by atoms with Crippen molar-refractivity contribution in [1.29, 1.82) is 0 Å². The first kappa shape index (κ1) is 15.9. The molecule has 0 radical (unpaired) electrons. The van der Waals surface area contributed by atoms with Gasteiger partial charge in [-0.2, -0.15) is 0 Å². The van der Waals surface area contributed by atoms with Crippen LogP contribution in [0.5, 0.6) is 0 Å². The van der Waals surface area contributed by atoms with Crippen molar-refractivity contribution in [2.45, 2.75) is 18.9 Å². The number of halogens is 2. The second-order valence-electron chi connectivity index (χ2n) is 4.43. The number of rotatable bonds is 4. The van der Waals surface area contributed by atoms with Crippen LogP contribution in [0.2, 0.25) is 0 Å². The van der Waals surface area contributed by atoms with E-state index in [1.165, 1.54) is 11.3 Å². The standard InChI is InChI=1S/C12H13Br2NO4S/c13-9-5-8(11(14)20-9)12(18)15-3-1-7(2-4-15)19-6-10(16)17/h5,7H,1-4,6H2,(H,16,17). The number of carbonyl (C=O) groups is 2. The maximum atomic E-state index is 12.4. The minimum Gasteiger partial charge on any atom is -0.480 e. The Morgan fingerprint density at radius 2 is 2.05 bits per heavy atom. The van der Waals surface area contributed by atoms with Crippen molar-refractivity contribution in [2.24, 2.45) is 0 Å². The number of hydrogen-bond donors (Lipinski definition) is 1. The van der Waals surface area contributed by atoms with E-state index in [1.54, 1.807) is 4.90 Å². The lowest BCUT2D eigenvalue weighted by molar-refractivity contribution is -0.145. The highest BCUT2D eigenvalue weighted by Gasteiger charge is 2.26. The highest BCUT2D eigenvalue weighted by atomic mass is 79.9. The summed E-state index contributed by atoms with van der Waals surface area (Å²) in [5.41, 5.74) is 0.659. The Morgan fingerprint density at radius 1 is 1.40 bits per heavy atom. The van der Waals surface area contributed by atoms with E-state index in [9.17, 15) is 9.59 Å². The third-order valence-corrected chi connectivity index (χ3v) is 5.40. The van der Waals surface area contributed by atoms with Crippen molar-refractivity contribution in [3.05, 3.63) is 19.2 Å². The van der Waals surface area contributed by atoms with E-state index in [1.807, 2.05) is 6.07 Å². The number of carboxylic acids is 1. The zero-order chi connectivity index (χ0) is 14.7. The molecule has 0 unspecified atom stereocenters. The van der Waals surface area contributed by atoms with Crippen LogP contribution in [0, 0.1) is 0 Å². The molecular weight excluding hydrogens is 414 g/mol. The first-order valence-electron chi connectivity index (χ1n) is 6.05. The van der Waals surface area contributed by atoms with E-state index in [4.69, 9.17) is 9.84 Å². The molecule has 0 atom stereocenters. The zero-order valence-electron chi connectivity index (χ0n) is 10.5. The zero-order valence-corrected chi connectivity index (χ0v) is 14.5. The molecule has 2 rings (SSSR count). The fraction of sp³-hybridized carbons (Fsp3) is 0.500. The first-order valence-corrected chi connectivity index (χ1v) is 8.45. The molecule has 1 N–H and O–H groups in total. The highest BCUT2D eigenvalue weighted by molar-refractivity contribution is 9.12. The summed E-state index contributed by atoms with van der Waals surface area (Å²) in [7, 11) is 0. The fourth-order valence-corrected chi connectivity index (χ4v) is 4.85. The van der Waals surface area contributed by atoms with Crippen molar-refractivity contribution in [1.82, 2.24) is 4.90 Å². The molecule has 5 nitrogen and oxygen atoms in total. The van der Waals surface area contributed by atoms with Crippen LogP contribution < -0.4 is 0 Å². The number of likely N-dealkylation sites (tertiary alicyclic amines) is 1. The van der Waals surface area contributed by atoms with Gasteiger partial charge in [0.1, 0.15) is 6.61 Å². The van der Waals surface area contributed by atoms with E-state index in [-0.39, 0.29) is 18.6 Å². The summed E-state index contributed by atoms with van der Waals surface area (Å²) < 4.78 is 6.98. The highest BCUT2D eigenvalue weighted by Crippen LogP contribution is 2.33. The number of nitrogens with zero attached hydrogens (tertiary/aromatic N) is 1. The number of hydrogen-bond acceptors (Lipinski definition) is 4. The Balaban J connectivity index is 1.89. The van der Waals surface area contributed by atoms with Gasteiger partial charge in [-0.25, -0.2) is 4.79 Å². The average Bonchev–Trinajstić information content (AvgIpc) is 2.75. The second kappa shape index (κ2) is 7.02. The minimum absolute atomic E-state index is 0.00416. The summed E-state index contributed by atoms with van der Waals surface area (Å²) in [6.45, 7) is 0.897. The van der Waals surface area contributed by atoms with Gasteiger partial charge in [-0.3, -0.25) is 4.79 Å². The van der Waals surface area contributed by atoms with Gasteiger partial charge in [-0.15, -0.1) is 11.3 Å². The van der Waals surface area contributed by atoms with Gasteiger partial charge in [-0.05, 0) is 50.8 Å². The van der Waals surface area contributed by atoms with Gasteiger partial charge in [0, 0.05) is 13.1 Å². The molecule has 0 bridgehead atoms. The van der Waals surface area contributed by atoms with Crippen LogP contribution >= 0.6 is 43.2 Å². The molecule has 2 heterocycles. The predicted octanol–water partition coefficient (Wildman–Crippen LogP) is 2.98. The molecule has 1 amide bonds. The smallest absolute Gasteiger partial charge is 0.329 e. The van der Waals surface area contributed by atoms with Crippen molar-refractivity contribution in [3.63, 3.8) is 0 Å². The van der Waals surface area contributed by atoms with Crippen molar-refractivity contribution in [3.8, 4) is 0 Å². The molecule has 1 aliphatic heterocycles. The Bertz CT molecular complexity index is 512. The Kier molecular flexibility index (Phi) is 5.59. The van der Waals surface area contributed by atoms with Gasteiger partial charge in [0.2, 0.25) is 0 Å². The van der Waals surface area contributed by atoms with Crippen LogP contribution in [0.15, 0.2) is 13.6 Å². The summed E-state index contributed by atoms with van der Waals surface area (Å²) in [5, 5.41) is 8.57. The molecule has 8 heteroatoms. The molecule has 1 aromatic heterocycles. The van der Waals surface area contributed by atoms with Crippen molar-refractivity contribution in [2.75, 3.05) is 19.7 Å². The number of ether oxygens (including phenoxy) is 1. The van der Waals surface area contributed by atoms with Crippen molar-refractivity contribution < 1.29 is 19.4 Å². The van der Waals surface area contributed by atoms with Gasteiger partial charge in [0.25, 0.3) is 5.91 Å². The van der Waals surface area contributed by atoms with E-state index < -0.39 is 5.97 Å².